The molecule has 3 aromatic rings. The van der Waals surface area contributed by atoms with Crippen molar-refractivity contribution in [3.63, 3.8) is 0 Å². The van der Waals surface area contributed by atoms with Crippen LogP contribution in [-0.2, 0) is 11.2 Å². The average molecular weight is 442 g/mol. The Morgan fingerprint density at radius 2 is 1.83 bits per heavy atom. The fraction of sp³-hybridized carbons (Fsp3) is 0.158. The molecular formula is C19H15ClF3N3O4. The Morgan fingerprint density at radius 1 is 1.17 bits per heavy atom. The molecule has 0 aliphatic heterocycles. The summed E-state index contributed by atoms with van der Waals surface area (Å²) in [5.74, 6) is -2.50. The van der Waals surface area contributed by atoms with Gasteiger partial charge < -0.3 is 14.9 Å². The summed E-state index contributed by atoms with van der Waals surface area (Å²) in [5.41, 5.74) is 2.13. The zero-order valence-electron chi connectivity index (χ0n) is 15.2. The fourth-order valence-corrected chi connectivity index (χ4v) is 2.22. The van der Waals surface area contributed by atoms with Crippen molar-refractivity contribution in [3.8, 4) is 11.3 Å². The Morgan fingerprint density at radius 3 is 2.40 bits per heavy atom. The van der Waals surface area contributed by atoms with E-state index in [-0.39, 0.29) is 11.6 Å². The van der Waals surface area contributed by atoms with E-state index >= 15 is 0 Å². The fourth-order valence-electron chi connectivity index (χ4n) is 2.09. The number of nitrogens with one attached hydrogen (secondary N) is 1. The minimum Gasteiger partial charge on any atom is -0.475 e. The summed E-state index contributed by atoms with van der Waals surface area (Å²) in [4.78, 5) is 25.0. The molecule has 0 saturated heterocycles. The Labute approximate surface area is 173 Å². The number of carbonyl (C=O) groups is 2. The molecule has 2 heterocycles. The summed E-state index contributed by atoms with van der Waals surface area (Å²) < 4.78 is 36.9. The van der Waals surface area contributed by atoms with Crippen molar-refractivity contribution in [3.05, 3.63) is 71.1 Å². The molecule has 3 rings (SSSR count). The van der Waals surface area contributed by atoms with E-state index in [0.717, 1.165) is 11.1 Å². The second kappa shape index (κ2) is 10.4. The summed E-state index contributed by atoms with van der Waals surface area (Å²) in [6.07, 6.45) is -0.877. The summed E-state index contributed by atoms with van der Waals surface area (Å²) in [5, 5.41) is 14.4. The highest BCUT2D eigenvalue weighted by Crippen LogP contribution is 2.22. The normalized spacial score (nSPS) is 10.7. The lowest BCUT2D eigenvalue weighted by molar-refractivity contribution is -0.192. The molecule has 0 bridgehead atoms. The zero-order valence-corrected chi connectivity index (χ0v) is 15.9. The molecule has 0 aliphatic carbocycles. The van der Waals surface area contributed by atoms with Crippen LogP contribution in [0.4, 0.5) is 13.2 Å². The van der Waals surface area contributed by atoms with E-state index in [2.05, 4.69) is 15.5 Å². The summed E-state index contributed by atoms with van der Waals surface area (Å²) >= 11 is 5.85. The van der Waals surface area contributed by atoms with Gasteiger partial charge >= 0.3 is 12.1 Å². The number of alkyl halides is 3. The van der Waals surface area contributed by atoms with E-state index in [4.69, 9.17) is 26.0 Å². The van der Waals surface area contributed by atoms with Gasteiger partial charge in [0, 0.05) is 35.6 Å². The lowest BCUT2D eigenvalue weighted by Gasteiger charge is -2.02. The van der Waals surface area contributed by atoms with E-state index in [0.29, 0.717) is 23.7 Å². The SMILES string of the molecule is O=C(NCCc1cccnc1)c1cc(-c2ccc(Cl)cc2)on1.O=C(O)C(F)(F)F. The summed E-state index contributed by atoms with van der Waals surface area (Å²) in [6.45, 7) is 0.508. The van der Waals surface area contributed by atoms with E-state index in [1.165, 1.54) is 0 Å². The van der Waals surface area contributed by atoms with Crippen LogP contribution in [0.5, 0.6) is 0 Å². The number of carbonyl (C=O) groups excluding carboxylic acids is 1. The Bertz CT molecular complexity index is 977. The first-order valence-corrected chi connectivity index (χ1v) is 8.74. The maximum Gasteiger partial charge on any atom is 0.490 e. The second-order valence-electron chi connectivity index (χ2n) is 5.75. The number of aliphatic carboxylic acids is 1. The van der Waals surface area contributed by atoms with Crippen LogP contribution in [0.3, 0.4) is 0 Å². The predicted molar refractivity (Wildman–Crippen MR) is 101 cm³/mol. The number of pyridine rings is 1. The van der Waals surface area contributed by atoms with Gasteiger partial charge in [-0.2, -0.15) is 13.2 Å². The van der Waals surface area contributed by atoms with Crippen LogP contribution in [0.1, 0.15) is 16.1 Å². The Balaban J connectivity index is 0.000000396. The van der Waals surface area contributed by atoms with Gasteiger partial charge in [-0.25, -0.2) is 4.79 Å². The van der Waals surface area contributed by atoms with Crippen LogP contribution in [0, 0.1) is 0 Å². The van der Waals surface area contributed by atoms with Crippen LogP contribution < -0.4 is 5.32 Å². The van der Waals surface area contributed by atoms with Crippen LogP contribution in [-0.4, -0.2) is 39.8 Å². The second-order valence-corrected chi connectivity index (χ2v) is 6.19. The van der Waals surface area contributed by atoms with Crippen LogP contribution >= 0.6 is 11.6 Å². The zero-order chi connectivity index (χ0) is 22.1. The van der Waals surface area contributed by atoms with Crippen LogP contribution in [0.15, 0.2) is 59.4 Å². The molecule has 158 valence electrons. The number of nitrogens with zero attached hydrogens (tertiary/aromatic N) is 2. The molecule has 0 fully saturated rings. The lowest BCUT2D eigenvalue weighted by Crippen LogP contribution is -2.25. The van der Waals surface area contributed by atoms with Gasteiger partial charge in [0.1, 0.15) is 0 Å². The minimum atomic E-state index is -5.08. The molecule has 7 nitrogen and oxygen atoms in total. The van der Waals surface area contributed by atoms with Gasteiger partial charge in [-0.3, -0.25) is 9.78 Å². The van der Waals surface area contributed by atoms with E-state index in [9.17, 15) is 18.0 Å². The van der Waals surface area contributed by atoms with Gasteiger partial charge in [0.2, 0.25) is 0 Å². The third-order valence-corrected chi connectivity index (χ3v) is 3.79. The van der Waals surface area contributed by atoms with Gasteiger partial charge in [-0.15, -0.1) is 0 Å². The average Bonchev–Trinajstić information content (AvgIpc) is 3.19. The van der Waals surface area contributed by atoms with Crippen molar-refractivity contribution in [2.24, 2.45) is 0 Å². The standard InChI is InChI=1S/C17H14ClN3O2.C2HF3O2/c18-14-5-3-13(4-6-14)16-10-15(21-23-16)17(22)20-9-7-12-2-1-8-19-11-12;3-2(4,5)1(6)7/h1-6,8,10-11H,7,9H2,(H,20,22);(H,6,7). The number of hydrogen-bond acceptors (Lipinski definition) is 5. The molecule has 11 heteroatoms. The number of carboxylic acids is 1. The van der Waals surface area contributed by atoms with Gasteiger partial charge in [0.25, 0.3) is 5.91 Å². The molecule has 1 aromatic carbocycles. The van der Waals surface area contributed by atoms with E-state index in [1.807, 2.05) is 24.3 Å². The van der Waals surface area contributed by atoms with Gasteiger partial charge in [-0.1, -0.05) is 22.8 Å². The lowest BCUT2D eigenvalue weighted by atomic mass is 10.1. The van der Waals surface area contributed by atoms with Crippen LogP contribution in [0.25, 0.3) is 11.3 Å². The highest BCUT2D eigenvalue weighted by molar-refractivity contribution is 6.30. The molecular weight excluding hydrogens is 427 g/mol. The minimum absolute atomic E-state index is 0.251. The first-order valence-electron chi connectivity index (χ1n) is 8.36. The number of carboxylic acid groups (broad SMARTS) is 1. The van der Waals surface area contributed by atoms with Crippen molar-refractivity contribution in [1.82, 2.24) is 15.5 Å². The quantitative estimate of drug-likeness (QED) is 0.620. The summed E-state index contributed by atoms with van der Waals surface area (Å²) in [7, 11) is 0. The van der Waals surface area contributed by atoms with Crippen molar-refractivity contribution in [2.45, 2.75) is 12.6 Å². The van der Waals surface area contributed by atoms with Crippen LogP contribution in [0.2, 0.25) is 5.02 Å². The molecule has 0 atom stereocenters. The number of rotatable bonds is 5. The number of amides is 1. The maximum atomic E-state index is 12.1. The molecule has 2 N–H and O–H groups in total. The van der Waals surface area contributed by atoms with Gasteiger partial charge in [0.15, 0.2) is 11.5 Å². The number of benzene rings is 1. The highest BCUT2D eigenvalue weighted by Gasteiger charge is 2.38. The maximum absolute atomic E-state index is 12.1. The van der Waals surface area contributed by atoms with Crippen molar-refractivity contribution >= 4 is 23.5 Å². The Kier molecular flexibility index (Phi) is 7.93. The number of aromatic nitrogens is 2. The topological polar surface area (TPSA) is 105 Å². The van der Waals surface area contributed by atoms with Crippen molar-refractivity contribution in [2.75, 3.05) is 6.54 Å². The van der Waals surface area contributed by atoms with E-state index in [1.54, 1.807) is 30.6 Å². The molecule has 0 radical (unpaired) electrons. The smallest absolute Gasteiger partial charge is 0.475 e. The molecule has 1 amide bonds. The third kappa shape index (κ3) is 7.21. The first kappa shape index (κ1) is 22.9. The molecule has 0 unspecified atom stereocenters. The summed E-state index contributed by atoms with van der Waals surface area (Å²) in [6, 6.07) is 12.6. The largest absolute Gasteiger partial charge is 0.490 e. The van der Waals surface area contributed by atoms with Gasteiger partial charge in [0.05, 0.1) is 0 Å². The van der Waals surface area contributed by atoms with Crippen molar-refractivity contribution < 1.29 is 32.4 Å². The Hall–Kier alpha value is -3.40. The number of hydrogen-bond donors (Lipinski definition) is 2. The molecule has 0 saturated carbocycles. The molecule has 30 heavy (non-hydrogen) atoms. The third-order valence-electron chi connectivity index (χ3n) is 3.54. The predicted octanol–water partition coefficient (Wildman–Crippen LogP) is 4.00. The first-order chi connectivity index (χ1) is 14.2. The number of halogens is 4. The van der Waals surface area contributed by atoms with E-state index < -0.39 is 12.1 Å². The van der Waals surface area contributed by atoms with Gasteiger partial charge in [-0.05, 0) is 42.3 Å². The molecule has 2 aromatic heterocycles. The molecule has 0 spiro atoms. The highest BCUT2D eigenvalue weighted by atomic mass is 35.5. The molecule has 0 aliphatic rings. The monoisotopic (exact) mass is 441 g/mol. The van der Waals surface area contributed by atoms with Crippen molar-refractivity contribution in [1.29, 1.82) is 0 Å².